The standard InChI is InChI=1S/C18H18N4O2/c1-18(2,3)17-19-9-11(10-20-17)21-16(24)13-8-15(23)22-14-7-5-4-6-12(13)14/h4-10H,1-3H3,(H,21,24)(H,22,23). The first kappa shape index (κ1) is 15.9. The molecule has 0 spiro atoms. The van der Waals surface area contributed by atoms with Crippen LogP contribution in [0.4, 0.5) is 5.69 Å². The van der Waals surface area contributed by atoms with Crippen LogP contribution in [0.5, 0.6) is 0 Å². The van der Waals surface area contributed by atoms with E-state index in [1.54, 1.807) is 30.6 Å². The van der Waals surface area contributed by atoms with Gasteiger partial charge in [-0.15, -0.1) is 0 Å². The molecule has 0 radical (unpaired) electrons. The average molecular weight is 322 g/mol. The van der Waals surface area contributed by atoms with E-state index in [1.165, 1.54) is 6.07 Å². The second kappa shape index (κ2) is 5.88. The Bertz CT molecular complexity index is 953. The lowest BCUT2D eigenvalue weighted by molar-refractivity contribution is 0.102. The Kier molecular flexibility index (Phi) is 3.89. The minimum atomic E-state index is -0.371. The van der Waals surface area contributed by atoms with Crippen molar-refractivity contribution >= 4 is 22.5 Å². The summed E-state index contributed by atoms with van der Waals surface area (Å²) in [5, 5.41) is 3.42. The summed E-state index contributed by atoms with van der Waals surface area (Å²) in [6, 6.07) is 8.47. The molecule has 24 heavy (non-hydrogen) atoms. The first-order valence-corrected chi connectivity index (χ1v) is 7.60. The van der Waals surface area contributed by atoms with E-state index in [0.29, 0.717) is 28.0 Å². The molecular weight excluding hydrogens is 304 g/mol. The summed E-state index contributed by atoms with van der Waals surface area (Å²) in [4.78, 5) is 35.6. The SMILES string of the molecule is CC(C)(C)c1ncc(NC(=O)c2cc(=O)[nH]c3ccccc23)cn1. The van der Waals surface area contributed by atoms with E-state index >= 15 is 0 Å². The van der Waals surface area contributed by atoms with Crippen LogP contribution in [0.3, 0.4) is 0 Å². The number of aromatic amines is 1. The molecular formula is C18H18N4O2. The van der Waals surface area contributed by atoms with Gasteiger partial charge in [0.2, 0.25) is 5.56 Å². The number of amides is 1. The normalized spacial score (nSPS) is 11.5. The van der Waals surface area contributed by atoms with Gasteiger partial charge in [0.05, 0.1) is 23.6 Å². The third-order valence-corrected chi connectivity index (χ3v) is 3.58. The Morgan fingerprint density at radius 2 is 1.79 bits per heavy atom. The third-order valence-electron chi connectivity index (χ3n) is 3.58. The molecule has 122 valence electrons. The zero-order valence-electron chi connectivity index (χ0n) is 13.8. The highest BCUT2D eigenvalue weighted by Crippen LogP contribution is 2.19. The molecule has 0 fully saturated rings. The van der Waals surface area contributed by atoms with Crippen LogP contribution in [-0.2, 0) is 5.41 Å². The molecule has 0 atom stereocenters. The largest absolute Gasteiger partial charge is 0.322 e. The minimum Gasteiger partial charge on any atom is -0.322 e. The van der Waals surface area contributed by atoms with Crippen LogP contribution in [0.1, 0.15) is 37.0 Å². The Labute approximate surface area is 139 Å². The zero-order chi connectivity index (χ0) is 17.3. The minimum absolute atomic E-state index is 0.161. The van der Waals surface area contributed by atoms with Crippen LogP contribution in [0.25, 0.3) is 10.9 Å². The molecule has 2 heterocycles. The smallest absolute Gasteiger partial charge is 0.256 e. The predicted molar refractivity (Wildman–Crippen MR) is 93.3 cm³/mol. The summed E-state index contributed by atoms with van der Waals surface area (Å²) in [6.45, 7) is 6.05. The average Bonchev–Trinajstić information content (AvgIpc) is 2.53. The number of nitrogens with one attached hydrogen (secondary N) is 2. The van der Waals surface area contributed by atoms with Gasteiger partial charge in [-0.05, 0) is 6.07 Å². The fourth-order valence-electron chi connectivity index (χ4n) is 2.37. The van der Waals surface area contributed by atoms with Crippen molar-refractivity contribution in [1.29, 1.82) is 0 Å². The summed E-state index contributed by atoms with van der Waals surface area (Å²) in [5.41, 5.74) is 0.935. The number of rotatable bonds is 2. The molecule has 3 rings (SSSR count). The molecule has 1 amide bonds. The summed E-state index contributed by atoms with van der Waals surface area (Å²) in [7, 11) is 0. The fraction of sp³-hybridized carbons (Fsp3) is 0.222. The van der Waals surface area contributed by atoms with Crippen LogP contribution in [0.15, 0.2) is 47.5 Å². The second-order valence-corrected chi connectivity index (χ2v) is 6.59. The van der Waals surface area contributed by atoms with Gasteiger partial charge in [0.25, 0.3) is 5.91 Å². The van der Waals surface area contributed by atoms with Gasteiger partial charge in [0.1, 0.15) is 5.82 Å². The fourth-order valence-corrected chi connectivity index (χ4v) is 2.37. The number of aromatic nitrogens is 3. The van der Waals surface area contributed by atoms with Crippen molar-refractivity contribution in [2.24, 2.45) is 0 Å². The van der Waals surface area contributed by atoms with Crippen LogP contribution in [-0.4, -0.2) is 20.9 Å². The van der Waals surface area contributed by atoms with Crippen LogP contribution in [0.2, 0.25) is 0 Å². The summed E-state index contributed by atoms with van der Waals surface area (Å²) in [6.07, 6.45) is 3.14. The maximum Gasteiger partial charge on any atom is 0.256 e. The van der Waals surface area contributed by atoms with Gasteiger partial charge in [-0.2, -0.15) is 0 Å². The second-order valence-electron chi connectivity index (χ2n) is 6.59. The number of hydrogen-bond donors (Lipinski definition) is 2. The van der Waals surface area contributed by atoms with E-state index < -0.39 is 0 Å². The van der Waals surface area contributed by atoms with Crippen LogP contribution in [0, 0.1) is 0 Å². The Morgan fingerprint density at radius 1 is 1.12 bits per heavy atom. The Morgan fingerprint density at radius 3 is 2.46 bits per heavy atom. The molecule has 6 heteroatoms. The maximum absolute atomic E-state index is 12.5. The lowest BCUT2D eigenvalue weighted by atomic mass is 9.96. The Hall–Kier alpha value is -3.02. The molecule has 0 aliphatic heterocycles. The van der Waals surface area contributed by atoms with Gasteiger partial charge in [0, 0.05) is 22.4 Å². The van der Waals surface area contributed by atoms with Crippen molar-refractivity contribution in [3.63, 3.8) is 0 Å². The lowest BCUT2D eigenvalue weighted by Gasteiger charge is -2.16. The van der Waals surface area contributed by atoms with E-state index in [-0.39, 0.29) is 16.9 Å². The number of fused-ring (bicyclic) bond motifs is 1. The third kappa shape index (κ3) is 3.17. The topological polar surface area (TPSA) is 87.7 Å². The van der Waals surface area contributed by atoms with Gasteiger partial charge < -0.3 is 10.3 Å². The highest BCUT2D eigenvalue weighted by molar-refractivity contribution is 6.12. The van der Waals surface area contributed by atoms with Gasteiger partial charge in [0.15, 0.2) is 0 Å². The molecule has 0 saturated heterocycles. The molecule has 0 aliphatic carbocycles. The van der Waals surface area contributed by atoms with Crippen molar-refractivity contribution in [3.05, 3.63) is 64.5 Å². The van der Waals surface area contributed by atoms with Gasteiger partial charge in [-0.3, -0.25) is 9.59 Å². The van der Waals surface area contributed by atoms with Crippen LogP contribution < -0.4 is 10.9 Å². The summed E-state index contributed by atoms with van der Waals surface area (Å²) < 4.78 is 0. The summed E-state index contributed by atoms with van der Waals surface area (Å²) >= 11 is 0. The number of anilines is 1. The lowest BCUT2D eigenvalue weighted by Crippen LogP contribution is -2.19. The number of nitrogens with zero attached hydrogens (tertiary/aromatic N) is 2. The summed E-state index contributed by atoms with van der Waals surface area (Å²) in [5.74, 6) is 0.325. The Balaban J connectivity index is 1.92. The van der Waals surface area contributed by atoms with Crippen molar-refractivity contribution < 1.29 is 4.79 Å². The number of benzene rings is 1. The monoisotopic (exact) mass is 322 g/mol. The first-order chi connectivity index (χ1) is 11.3. The highest BCUT2D eigenvalue weighted by Gasteiger charge is 2.17. The van der Waals surface area contributed by atoms with E-state index in [9.17, 15) is 9.59 Å². The van der Waals surface area contributed by atoms with E-state index in [1.807, 2.05) is 26.8 Å². The van der Waals surface area contributed by atoms with Crippen molar-refractivity contribution in [1.82, 2.24) is 15.0 Å². The van der Waals surface area contributed by atoms with E-state index in [2.05, 4.69) is 20.3 Å². The number of hydrogen-bond acceptors (Lipinski definition) is 4. The molecule has 3 aromatic rings. The first-order valence-electron chi connectivity index (χ1n) is 7.60. The van der Waals surface area contributed by atoms with E-state index in [0.717, 1.165) is 0 Å². The maximum atomic E-state index is 12.5. The molecule has 0 bridgehead atoms. The van der Waals surface area contributed by atoms with Gasteiger partial charge in [-0.25, -0.2) is 9.97 Å². The van der Waals surface area contributed by atoms with E-state index in [4.69, 9.17) is 0 Å². The molecule has 0 unspecified atom stereocenters. The quantitative estimate of drug-likeness (QED) is 0.759. The number of pyridine rings is 1. The molecule has 1 aromatic carbocycles. The number of para-hydroxylation sites is 1. The zero-order valence-corrected chi connectivity index (χ0v) is 13.8. The van der Waals surface area contributed by atoms with Crippen molar-refractivity contribution in [2.45, 2.75) is 26.2 Å². The molecule has 0 aliphatic rings. The van der Waals surface area contributed by atoms with Crippen LogP contribution >= 0.6 is 0 Å². The molecule has 2 N–H and O–H groups in total. The van der Waals surface area contributed by atoms with Crippen molar-refractivity contribution in [2.75, 3.05) is 5.32 Å². The van der Waals surface area contributed by atoms with Crippen molar-refractivity contribution in [3.8, 4) is 0 Å². The van der Waals surface area contributed by atoms with Gasteiger partial charge >= 0.3 is 0 Å². The molecule has 0 saturated carbocycles. The number of carbonyl (C=O) groups is 1. The number of H-pyrrole nitrogens is 1. The van der Waals surface area contributed by atoms with Gasteiger partial charge in [-0.1, -0.05) is 39.0 Å². The molecule has 6 nitrogen and oxygen atoms in total. The highest BCUT2D eigenvalue weighted by atomic mass is 16.2. The number of carbonyl (C=O) groups excluding carboxylic acids is 1. The molecule has 2 aromatic heterocycles. The predicted octanol–water partition coefficient (Wildman–Crippen LogP) is 2.87.